The van der Waals surface area contributed by atoms with Crippen molar-refractivity contribution in [3.05, 3.63) is 34.3 Å². The van der Waals surface area contributed by atoms with Crippen LogP contribution in [0.5, 0.6) is 5.75 Å². The molecule has 0 radical (unpaired) electrons. The standard InChI is InChI=1S/C9H7Cl2F2NO3S/c10-3-5(11)4-17-6-1-2-7(18(14,15)16)9(13)8(6)12/h1-3H,4H2,(H2,14,15,16)/b5-3-. The molecule has 0 aliphatic carbocycles. The number of nitrogens with two attached hydrogens (primary N) is 1. The van der Waals surface area contributed by atoms with Gasteiger partial charge in [-0.3, -0.25) is 0 Å². The molecular weight excluding hydrogens is 311 g/mol. The van der Waals surface area contributed by atoms with Crippen LogP contribution >= 0.6 is 23.2 Å². The molecule has 0 amide bonds. The summed E-state index contributed by atoms with van der Waals surface area (Å²) in [6, 6.07) is 1.72. The first kappa shape index (κ1) is 15.2. The van der Waals surface area contributed by atoms with Gasteiger partial charge in [0.15, 0.2) is 11.6 Å². The molecule has 18 heavy (non-hydrogen) atoms. The van der Waals surface area contributed by atoms with Crippen molar-refractivity contribution in [3.8, 4) is 5.75 Å². The fourth-order valence-electron chi connectivity index (χ4n) is 1.02. The van der Waals surface area contributed by atoms with E-state index in [0.29, 0.717) is 0 Å². The van der Waals surface area contributed by atoms with Gasteiger partial charge in [0.25, 0.3) is 0 Å². The maximum Gasteiger partial charge on any atom is 0.241 e. The molecule has 0 aliphatic rings. The molecule has 0 saturated heterocycles. The number of halogens is 4. The van der Waals surface area contributed by atoms with E-state index in [2.05, 4.69) is 0 Å². The van der Waals surface area contributed by atoms with Crippen LogP contribution in [0.25, 0.3) is 0 Å². The van der Waals surface area contributed by atoms with E-state index in [-0.39, 0.29) is 11.6 Å². The van der Waals surface area contributed by atoms with Crippen molar-refractivity contribution in [2.45, 2.75) is 4.90 Å². The molecule has 1 rings (SSSR count). The van der Waals surface area contributed by atoms with Crippen LogP contribution < -0.4 is 9.88 Å². The highest BCUT2D eigenvalue weighted by Gasteiger charge is 2.21. The summed E-state index contributed by atoms with van der Waals surface area (Å²) < 4.78 is 53.4. The highest BCUT2D eigenvalue weighted by Crippen LogP contribution is 2.25. The zero-order chi connectivity index (χ0) is 13.9. The minimum Gasteiger partial charge on any atom is -0.485 e. The van der Waals surface area contributed by atoms with E-state index in [9.17, 15) is 17.2 Å². The summed E-state index contributed by atoms with van der Waals surface area (Å²) in [6.45, 7) is -0.282. The van der Waals surface area contributed by atoms with Crippen molar-refractivity contribution in [3.63, 3.8) is 0 Å². The summed E-state index contributed by atoms with van der Waals surface area (Å²) in [6.07, 6.45) is 0. The second-order valence-corrected chi connectivity index (χ2v) is 5.31. The van der Waals surface area contributed by atoms with E-state index in [0.717, 1.165) is 17.7 Å². The van der Waals surface area contributed by atoms with Crippen molar-refractivity contribution < 1.29 is 21.9 Å². The zero-order valence-electron chi connectivity index (χ0n) is 8.66. The molecule has 100 valence electrons. The van der Waals surface area contributed by atoms with Crippen LogP contribution in [0.3, 0.4) is 0 Å². The maximum absolute atomic E-state index is 13.4. The molecule has 0 aromatic heterocycles. The van der Waals surface area contributed by atoms with Gasteiger partial charge < -0.3 is 4.74 Å². The van der Waals surface area contributed by atoms with Crippen LogP contribution in [0.4, 0.5) is 8.78 Å². The molecule has 0 unspecified atom stereocenters. The molecule has 0 atom stereocenters. The Hall–Kier alpha value is -0.890. The van der Waals surface area contributed by atoms with E-state index < -0.39 is 32.3 Å². The van der Waals surface area contributed by atoms with Gasteiger partial charge in [-0.1, -0.05) is 23.2 Å². The van der Waals surface area contributed by atoms with Crippen LogP contribution in [0.15, 0.2) is 27.6 Å². The number of sulfonamides is 1. The van der Waals surface area contributed by atoms with Crippen molar-refractivity contribution >= 4 is 33.2 Å². The molecule has 0 aliphatic heterocycles. The normalized spacial score (nSPS) is 12.6. The summed E-state index contributed by atoms with van der Waals surface area (Å²) >= 11 is 10.7. The van der Waals surface area contributed by atoms with E-state index in [4.69, 9.17) is 33.1 Å². The van der Waals surface area contributed by atoms with Gasteiger partial charge in [0, 0.05) is 5.54 Å². The monoisotopic (exact) mass is 317 g/mol. The van der Waals surface area contributed by atoms with Crippen molar-refractivity contribution in [2.24, 2.45) is 5.14 Å². The molecule has 0 heterocycles. The van der Waals surface area contributed by atoms with Gasteiger partial charge in [-0.2, -0.15) is 4.39 Å². The number of hydrogen-bond acceptors (Lipinski definition) is 3. The predicted molar refractivity (Wildman–Crippen MR) is 63.0 cm³/mol. The number of hydrogen-bond donors (Lipinski definition) is 1. The number of primary sulfonamides is 1. The van der Waals surface area contributed by atoms with Crippen molar-refractivity contribution in [2.75, 3.05) is 6.61 Å². The fraction of sp³-hybridized carbons (Fsp3) is 0.111. The van der Waals surface area contributed by atoms with Gasteiger partial charge in [0.2, 0.25) is 15.8 Å². The Morgan fingerprint density at radius 1 is 1.39 bits per heavy atom. The molecule has 0 fully saturated rings. The van der Waals surface area contributed by atoms with Gasteiger partial charge in [0.05, 0.1) is 5.03 Å². The molecule has 0 saturated carbocycles. The van der Waals surface area contributed by atoms with Crippen LogP contribution in [-0.4, -0.2) is 15.0 Å². The van der Waals surface area contributed by atoms with Crippen LogP contribution in [0.1, 0.15) is 0 Å². The Kier molecular flexibility index (Phi) is 4.92. The van der Waals surface area contributed by atoms with Gasteiger partial charge in [-0.15, -0.1) is 0 Å². The zero-order valence-corrected chi connectivity index (χ0v) is 11.0. The first-order valence-corrected chi connectivity index (χ1v) is 6.71. The number of ether oxygens (including phenoxy) is 1. The van der Waals surface area contributed by atoms with E-state index in [1.165, 1.54) is 0 Å². The summed E-state index contributed by atoms with van der Waals surface area (Å²) in [5.41, 5.74) is 0.995. The molecule has 0 spiro atoms. The van der Waals surface area contributed by atoms with Crippen LogP contribution in [0.2, 0.25) is 0 Å². The quantitative estimate of drug-likeness (QED) is 0.926. The largest absolute Gasteiger partial charge is 0.485 e. The Bertz CT molecular complexity index is 590. The Morgan fingerprint density at radius 3 is 2.50 bits per heavy atom. The average molecular weight is 318 g/mol. The highest BCUT2D eigenvalue weighted by molar-refractivity contribution is 7.89. The average Bonchev–Trinajstić information content (AvgIpc) is 2.28. The molecular formula is C9H7Cl2F2NO3S. The SMILES string of the molecule is NS(=O)(=O)c1ccc(OC/C(Cl)=C/Cl)c(F)c1F. The van der Waals surface area contributed by atoms with Crippen LogP contribution in [-0.2, 0) is 10.0 Å². The molecule has 2 N–H and O–H groups in total. The summed E-state index contributed by atoms with van der Waals surface area (Å²) in [5, 5.41) is 4.76. The lowest BCUT2D eigenvalue weighted by molar-refractivity contribution is 0.327. The van der Waals surface area contributed by atoms with Crippen molar-refractivity contribution in [1.29, 1.82) is 0 Å². The molecule has 9 heteroatoms. The lowest BCUT2D eigenvalue weighted by atomic mass is 10.3. The smallest absolute Gasteiger partial charge is 0.241 e. The lowest BCUT2D eigenvalue weighted by Gasteiger charge is -2.08. The Labute approximate surface area is 112 Å². The van der Waals surface area contributed by atoms with Gasteiger partial charge in [-0.25, -0.2) is 17.9 Å². The second-order valence-electron chi connectivity index (χ2n) is 3.08. The molecule has 1 aromatic carbocycles. The third kappa shape index (κ3) is 3.55. The molecule has 1 aromatic rings. The third-order valence-electron chi connectivity index (χ3n) is 1.80. The second kappa shape index (κ2) is 5.83. The van der Waals surface area contributed by atoms with E-state index in [1.807, 2.05) is 0 Å². The summed E-state index contributed by atoms with van der Waals surface area (Å²) in [7, 11) is -4.34. The summed E-state index contributed by atoms with van der Waals surface area (Å²) in [4.78, 5) is -0.952. The molecule has 0 bridgehead atoms. The van der Waals surface area contributed by atoms with Crippen molar-refractivity contribution in [1.82, 2.24) is 0 Å². The fourth-order valence-corrected chi connectivity index (χ4v) is 1.74. The maximum atomic E-state index is 13.4. The van der Waals surface area contributed by atoms with Gasteiger partial charge in [-0.05, 0) is 12.1 Å². The first-order valence-electron chi connectivity index (χ1n) is 4.35. The Morgan fingerprint density at radius 2 is 2.00 bits per heavy atom. The first-order chi connectivity index (χ1) is 8.27. The van der Waals surface area contributed by atoms with Gasteiger partial charge >= 0.3 is 0 Å². The molecule has 4 nitrogen and oxygen atoms in total. The number of benzene rings is 1. The van der Waals surface area contributed by atoms with E-state index in [1.54, 1.807) is 0 Å². The Balaban J connectivity index is 3.09. The predicted octanol–water partition coefficient (Wildman–Crippen LogP) is 2.31. The van der Waals surface area contributed by atoms with E-state index >= 15 is 0 Å². The third-order valence-corrected chi connectivity index (χ3v) is 3.32. The minimum atomic E-state index is -4.34. The minimum absolute atomic E-state index is 0.0620. The highest BCUT2D eigenvalue weighted by atomic mass is 35.5. The van der Waals surface area contributed by atoms with Crippen LogP contribution in [0, 0.1) is 11.6 Å². The lowest BCUT2D eigenvalue weighted by Crippen LogP contribution is -2.15. The summed E-state index contributed by atoms with van der Waals surface area (Å²) in [5.74, 6) is -3.59. The van der Waals surface area contributed by atoms with Gasteiger partial charge in [0.1, 0.15) is 11.5 Å². The number of rotatable bonds is 4. The topological polar surface area (TPSA) is 69.4 Å².